The highest BCUT2D eigenvalue weighted by atomic mass is 32.1. The zero-order chi connectivity index (χ0) is 17.4. The molecule has 0 aromatic carbocycles. The van der Waals surface area contributed by atoms with Crippen LogP contribution >= 0.6 is 23.6 Å². The Labute approximate surface area is 150 Å². The van der Waals surface area contributed by atoms with Crippen LogP contribution in [0, 0.1) is 13.8 Å². The average molecular weight is 364 g/mol. The van der Waals surface area contributed by atoms with E-state index in [1.54, 1.807) is 0 Å². The molecule has 0 radical (unpaired) electrons. The zero-order valence-electron chi connectivity index (χ0n) is 14.2. The van der Waals surface area contributed by atoms with Crippen LogP contribution in [0.25, 0.3) is 10.2 Å². The summed E-state index contributed by atoms with van der Waals surface area (Å²) in [7, 11) is 0. The van der Waals surface area contributed by atoms with Crippen molar-refractivity contribution in [3.63, 3.8) is 0 Å². The van der Waals surface area contributed by atoms with Crippen molar-refractivity contribution in [2.45, 2.75) is 52.5 Å². The standard InChI is InChI=1S/C16H21N5OS2/c1-7(2)17-16(23)21-20-14(22)12-8(3)11-9(4)18-13(10-5-6-10)19-15(11)24-12/h7,10H,5-6H2,1-4H3,(H,20,22)(H2,17,21,23). The summed E-state index contributed by atoms with van der Waals surface area (Å²) in [5.74, 6) is 1.19. The van der Waals surface area contributed by atoms with E-state index in [1.807, 2.05) is 27.7 Å². The molecule has 0 aliphatic heterocycles. The maximum atomic E-state index is 12.5. The van der Waals surface area contributed by atoms with E-state index < -0.39 is 0 Å². The van der Waals surface area contributed by atoms with Gasteiger partial charge in [-0.25, -0.2) is 9.97 Å². The SMILES string of the molecule is Cc1nc(C2CC2)nc2sc(C(=O)NNC(=S)NC(C)C)c(C)c12. The number of hydrazine groups is 1. The number of nitrogens with zero attached hydrogens (tertiary/aromatic N) is 2. The van der Waals surface area contributed by atoms with Crippen molar-refractivity contribution in [1.82, 2.24) is 26.1 Å². The topological polar surface area (TPSA) is 78.9 Å². The number of hydrogen-bond acceptors (Lipinski definition) is 5. The Morgan fingerprint density at radius 2 is 1.96 bits per heavy atom. The maximum Gasteiger partial charge on any atom is 0.280 e. The third-order valence-electron chi connectivity index (χ3n) is 3.85. The normalized spacial score (nSPS) is 14.0. The summed E-state index contributed by atoms with van der Waals surface area (Å²) >= 11 is 6.52. The van der Waals surface area contributed by atoms with Crippen molar-refractivity contribution in [2.24, 2.45) is 0 Å². The Balaban J connectivity index is 1.81. The van der Waals surface area contributed by atoms with Crippen LogP contribution in [0.1, 0.15) is 59.4 Å². The number of nitrogens with one attached hydrogen (secondary N) is 3. The molecule has 8 heteroatoms. The minimum atomic E-state index is -0.212. The number of rotatable bonds is 3. The van der Waals surface area contributed by atoms with Crippen molar-refractivity contribution in [3.8, 4) is 0 Å². The van der Waals surface area contributed by atoms with E-state index in [0.717, 1.165) is 40.1 Å². The van der Waals surface area contributed by atoms with E-state index in [4.69, 9.17) is 12.2 Å². The van der Waals surface area contributed by atoms with Crippen molar-refractivity contribution < 1.29 is 4.79 Å². The predicted molar refractivity (Wildman–Crippen MR) is 100 cm³/mol. The molecule has 1 fully saturated rings. The van der Waals surface area contributed by atoms with E-state index in [1.165, 1.54) is 11.3 Å². The number of fused-ring (bicyclic) bond motifs is 1. The van der Waals surface area contributed by atoms with Gasteiger partial charge in [0.05, 0.1) is 10.6 Å². The largest absolute Gasteiger partial charge is 0.359 e. The van der Waals surface area contributed by atoms with Gasteiger partial charge in [-0.3, -0.25) is 15.6 Å². The molecule has 3 N–H and O–H groups in total. The molecule has 0 saturated heterocycles. The van der Waals surface area contributed by atoms with Crippen LogP contribution in [-0.2, 0) is 0 Å². The molecule has 0 atom stereocenters. The number of hydrogen-bond donors (Lipinski definition) is 3. The van der Waals surface area contributed by atoms with Gasteiger partial charge in [0.25, 0.3) is 5.91 Å². The first-order valence-electron chi connectivity index (χ1n) is 8.01. The van der Waals surface area contributed by atoms with E-state index in [-0.39, 0.29) is 11.9 Å². The molecule has 2 aromatic heterocycles. The summed E-state index contributed by atoms with van der Waals surface area (Å²) in [5, 5.41) is 4.39. The zero-order valence-corrected chi connectivity index (χ0v) is 15.8. The fraction of sp³-hybridized carbons (Fsp3) is 0.500. The average Bonchev–Trinajstić information content (AvgIpc) is 3.28. The highest BCUT2D eigenvalue weighted by molar-refractivity contribution is 7.80. The molecule has 0 bridgehead atoms. The molecule has 0 unspecified atom stereocenters. The lowest BCUT2D eigenvalue weighted by Gasteiger charge is -2.13. The number of thiocarbonyl (C=S) groups is 1. The second-order valence-corrected chi connectivity index (χ2v) is 7.79. The molecular formula is C16H21N5OS2. The third kappa shape index (κ3) is 3.49. The smallest absolute Gasteiger partial charge is 0.280 e. The van der Waals surface area contributed by atoms with Crippen LogP contribution in [0.3, 0.4) is 0 Å². The monoisotopic (exact) mass is 363 g/mol. The van der Waals surface area contributed by atoms with Gasteiger partial charge >= 0.3 is 0 Å². The van der Waals surface area contributed by atoms with Gasteiger partial charge in [0.15, 0.2) is 5.11 Å². The van der Waals surface area contributed by atoms with Gasteiger partial charge < -0.3 is 5.32 Å². The van der Waals surface area contributed by atoms with Crippen LogP contribution in [-0.4, -0.2) is 27.0 Å². The van der Waals surface area contributed by atoms with E-state index in [2.05, 4.69) is 26.1 Å². The number of carbonyl (C=O) groups excluding carboxylic acids is 1. The van der Waals surface area contributed by atoms with Crippen LogP contribution in [0.15, 0.2) is 0 Å². The van der Waals surface area contributed by atoms with Crippen LogP contribution in [0.5, 0.6) is 0 Å². The molecule has 3 rings (SSSR count). The van der Waals surface area contributed by atoms with Crippen molar-refractivity contribution in [3.05, 3.63) is 22.0 Å². The number of amides is 1. The minimum Gasteiger partial charge on any atom is -0.359 e. The van der Waals surface area contributed by atoms with Gasteiger partial charge in [0.1, 0.15) is 10.7 Å². The Morgan fingerprint density at radius 1 is 1.25 bits per heavy atom. The van der Waals surface area contributed by atoms with Crippen LogP contribution in [0.4, 0.5) is 0 Å². The fourth-order valence-electron chi connectivity index (χ4n) is 2.57. The lowest BCUT2D eigenvalue weighted by molar-refractivity contribution is 0.0947. The minimum absolute atomic E-state index is 0.201. The molecule has 1 saturated carbocycles. The Bertz CT molecular complexity index is 810. The number of aryl methyl sites for hydroxylation is 2. The first-order valence-corrected chi connectivity index (χ1v) is 9.23. The van der Waals surface area contributed by atoms with Crippen LogP contribution < -0.4 is 16.2 Å². The van der Waals surface area contributed by atoms with E-state index >= 15 is 0 Å². The summed E-state index contributed by atoms with van der Waals surface area (Å²) in [6.45, 7) is 7.87. The fourth-order valence-corrected chi connectivity index (χ4v) is 3.99. The summed E-state index contributed by atoms with van der Waals surface area (Å²) in [4.78, 5) is 23.3. The first-order chi connectivity index (χ1) is 11.4. The summed E-state index contributed by atoms with van der Waals surface area (Å²) in [6, 6.07) is 0.201. The molecule has 24 heavy (non-hydrogen) atoms. The molecule has 0 spiro atoms. The molecule has 2 aromatic rings. The Morgan fingerprint density at radius 3 is 2.58 bits per heavy atom. The molecule has 1 aliphatic rings. The van der Waals surface area contributed by atoms with E-state index in [9.17, 15) is 4.79 Å². The van der Waals surface area contributed by atoms with Gasteiger partial charge in [-0.2, -0.15) is 0 Å². The van der Waals surface area contributed by atoms with E-state index in [0.29, 0.717) is 15.9 Å². The van der Waals surface area contributed by atoms with Gasteiger partial charge in [-0.15, -0.1) is 11.3 Å². The second kappa shape index (κ2) is 6.60. The summed E-state index contributed by atoms with van der Waals surface area (Å²) < 4.78 is 0. The quantitative estimate of drug-likeness (QED) is 0.575. The lowest BCUT2D eigenvalue weighted by atomic mass is 10.1. The van der Waals surface area contributed by atoms with Crippen molar-refractivity contribution >= 4 is 44.8 Å². The molecule has 2 heterocycles. The second-order valence-electron chi connectivity index (χ2n) is 6.39. The number of thiophene rings is 1. The predicted octanol–water partition coefficient (Wildman–Crippen LogP) is 2.70. The number of aromatic nitrogens is 2. The maximum absolute atomic E-state index is 12.5. The van der Waals surface area contributed by atoms with Gasteiger partial charge in [-0.1, -0.05) is 0 Å². The molecule has 1 amide bonds. The molecule has 6 nitrogen and oxygen atoms in total. The lowest BCUT2D eigenvalue weighted by Crippen LogP contribution is -2.48. The van der Waals surface area contributed by atoms with Gasteiger partial charge in [0.2, 0.25) is 0 Å². The summed E-state index contributed by atoms with van der Waals surface area (Å²) in [5.41, 5.74) is 7.23. The first kappa shape index (κ1) is 17.0. The number of carbonyl (C=O) groups is 1. The Kier molecular flexibility index (Phi) is 4.69. The van der Waals surface area contributed by atoms with Crippen molar-refractivity contribution in [2.75, 3.05) is 0 Å². The molecule has 128 valence electrons. The highest BCUT2D eigenvalue weighted by Crippen LogP contribution is 2.40. The Hall–Kier alpha value is -1.80. The van der Waals surface area contributed by atoms with Gasteiger partial charge in [0, 0.05) is 17.3 Å². The van der Waals surface area contributed by atoms with Crippen LogP contribution in [0.2, 0.25) is 0 Å². The molecular weight excluding hydrogens is 342 g/mol. The van der Waals surface area contributed by atoms with Crippen molar-refractivity contribution in [1.29, 1.82) is 0 Å². The summed E-state index contributed by atoms with van der Waals surface area (Å²) in [6.07, 6.45) is 2.32. The molecule has 1 aliphatic carbocycles. The van der Waals surface area contributed by atoms with Gasteiger partial charge in [-0.05, 0) is 58.3 Å². The highest BCUT2D eigenvalue weighted by Gasteiger charge is 2.28. The third-order valence-corrected chi connectivity index (χ3v) is 5.25.